The van der Waals surface area contributed by atoms with Crippen molar-refractivity contribution < 1.29 is 0 Å². The van der Waals surface area contributed by atoms with Gasteiger partial charge < -0.3 is 9.80 Å². The Morgan fingerprint density at radius 3 is 1.20 bits per heavy atom. The van der Waals surface area contributed by atoms with Gasteiger partial charge in [-0.3, -0.25) is 17.9 Å². The second-order valence-electron chi connectivity index (χ2n) is 25.7. The molecule has 0 saturated carbocycles. The second-order valence-corrected chi connectivity index (χ2v) is 25.7. The van der Waals surface area contributed by atoms with E-state index < -0.39 is 0 Å². The Bertz CT molecular complexity index is 6910. The van der Waals surface area contributed by atoms with Crippen LogP contribution >= 0.6 is 0 Å². The van der Waals surface area contributed by atoms with Crippen LogP contribution in [0, 0.1) is 0 Å². The minimum absolute atomic E-state index is 0.751. The van der Waals surface area contributed by atoms with Gasteiger partial charge in [-0.05, 0) is 138 Å². The highest BCUT2D eigenvalue weighted by Crippen LogP contribution is 2.49. The van der Waals surface area contributed by atoms with Crippen LogP contribution < -0.4 is 9.80 Å². The highest BCUT2D eigenvalue weighted by atomic mass is 15.2. The molecule has 6 aromatic heterocycles. The van der Waals surface area contributed by atoms with Crippen LogP contribution in [-0.4, -0.2) is 37.9 Å². The monoisotopic (exact) mass is 1280 g/mol. The molecule has 10 nitrogen and oxygen atoms in total. The molecule has 0 fully saturated rings. The lowest BCUT2D eigenvalue weighted by Crippen LogP contribution is -2.11. The molecule has 0 radical (unpaired) electrons. The fourth-order valence-corrected chi connectivity index (χ4v) is 15.9. The molecular formula is C90H56N10. The fourth-order valence-electron chi connectivity index (χ4n) is 15.9. The maximum Gasteiger partial charge on any atom is 0.221 e. The summed E-state index contributed by atoms with van der Waals surface area (Å²) in [4.78, 5) is 27.2. The van der Waals surface area contributed by atoms with Gasteiger partial charge in [0.15, 0.2) is 5.65 Å². The van der Waals surface area contributed by atoms with E-state index in [1.807, 2.05) is 0 Å². The summed E-state index contributed by atoms with van der Waals surface area (Å²) in [7, 11) is 0. The first kappa shape index (κ1) is 55.6. The van der Waals surface area contributed by atoms with E-state index in [1.54, 1.807) is 0 Å². The normalized spacial score (nSPS) is 12.0. The minimum Gasteiger partial charge on any atom is -0.310 e. The molecule has 0 atom stereocenters. The molecule has 0 N–H and O–H groups in total. The third-order valence-corrected chi connectivity index (χ3v) is 20.2. The van der Waals surface area contributed by atoms with E-state index in [0.29, 0.717) is 0 Å². The molecule has 0 aliphatic rings. The maximum absolute atomic E-state index is 5.91. The number of para-hydroxylation sites is 9. The summed E-state index contributed by atoms with van der Waals surface area (Å²) in [5, 5.41) is 10.8. The van der Waals surface area contributed by atoms with Crippen molar-refractivity contribution in [2.75, 3.05) is 9.80 Å². The second kappa shape index (κ2) is 21.9. The number of rotatable bonds is 10. The first-order valence-corrected chi connectivity index (χ1v) is 33.9. The van der Waals surface area contributed by atoms with Gasteiger partial charge in [-0.2, -0.15) is 0 Å². The maximum atomic E-state index is 5.91. The van der Waals surface area contributed by atoms with Gasteiger partial charge in [-0.1, -0.05) is 224 Å². The van der Waals surface area contributed by atoms with E-state index in [2.05, 4.69) is 367 Å². The molecule has 6 heterocycles. The van der Waals surface area contributed by atoms with Crippen molar-refractivity contribution >= 4 is 154 Å². The van der Waals surface area contributed by atoms with Crippen LogP contribution in [0.1, 0.15) is 0 Å². The van der Waals surface area contributed by atoms with Crippen LogP contribution in [0.2, 0.25) is 0 Å². The summed E-state index contributed by atoms with van der Waals surface area (Å²) in [6.45, 7) is 0. The molecule has 0 unspecified atom stereocenters. The van der Waals surface area contributed by atoms with Crippen molar-refractivity contribution in [1.82, 2.24) is 37.9 Å². The van der Waals surface area contributed by atoms with Crippen molar-refractivity contribution in [3.05, 3.63) is 340 Å². The molecule has 10 heteroatoms. The molecule has 21 aromatic rings. The number of anilines is 6. The smallest absolute Gasteiger partial charge is 0.221 e. The number of hydrogen-bond donors (Lipinski definition) is 0. The molecule has 0 bridgehead atoms. The van der Waals surface area contributed by atoms with Gasteiger partial charge in [0.05, 0.1) is 71.9 Å². The Balaban J connectivity index is 0.766. The van der Waals surface area contributed by atoms with Gasteiger partial charge in [0.1, 0.15) is 5.65 Å². The molecule has 0 saturated heterocycles. The topological polar surface area (TPSA) is 76.7 Å². The molecule has 100 heavy (non-hydrogen) atoms. The Hall–Kier alpha value is -13.7. The summed E-state index contributed by atoms with van der Waals surface area (Å²) in [5.74, 6) is 1.53. The van der Waals surface area contributed by atoms with Crippen molar-refractivity contribution in [3.63, 3.8) is 0 Å². The Morgan fingerprint density at radius 1 is 0.230 bits per heavy atom. The van der Waals surface area contributed by atoms with Crippen LogP contribution in [0.5, 0.6) is 0 Å². The molecule has 15 aromatic carbocycles. The molecule has 466 valence electrons. The number of imidazole rings is 2. The number of aromatic nitrogens is 8. The lowest BCUT2D eigenvalue weighted by atomic mass is 9.99. The first-order chi connectivity index (χ1) is 49.6. The number of nitrogens with zero attached hydrogens (tertiary/aromatic N) is 10. The van der Waals surface area contributed by atoms with Crippen LogP contribution in [0.15, 0.2) is 340 Å². The fraction of sp³-hybridized carbons (Fsp3) is 0. The predicted octanol–water partition coefficient (Wildman–Crippen LogP) is 23.2. The molecule has 0 aliphatic heterocycles. The van der Waals surface area contributed by atoms with Crippen LogP contribution in [0.4, 0.5) is 34.1 Å². The summed E-state index contributed by atoms with van der Waals surface area (Å²) in [5.41, 5.74) is 22.0. The SMILES string of the molecule is c1ccc(-c2ccc(N(c3ccccc3)c3cc4c5ccccc5n(-c5nc6cccc(-c7cccc(N(c8ccccc8)c8cc9c%10ccccc%10n(-c%10nc%11ccccc%11c%11nc%12ccccc%12n%10%11)c9c9ccccc89)c7)c6c6nc7ccccc7n56)c4c4ccccc34)cc2)cc1. The molecule has 0 amide bonds. The van der Waals surface area contributed by atoms with Crippen molar-refractivity contribution in [2.45, 2.75) is 0 Å². The van der Waals surface area contributed by atoms with Crippen LogP contribution in [-0.2, 0) is 0 Å². The molecule has 21 rings (SSSR count). The van der Waals surface area contributed by atoms with Gasteiger partial charge in [-0.25, -0.2) is 19.9 Å². The standard InChI is InChI=1S/C90H56N10/c1-4-26-57(27-5-1)58-50-52-62(53-51-58)95(60-29-6-2-7-30-60)82-55-72-67-36-16-21-47-79(67)98(86(72)69-38-12-10-34-65(69)82)90-94-77-45-25-41-64(84(77)88-92-76-44-19-23-49-81(76)100(88)90)59-28-24-33-63(54-59)96(61-31-8-3-9-32-61)83-56-73-68-37-15-20-46-78(68)97(85(73)70-39-13-11-35-66(70)83)89-93-74-42-17-14-40-71(74)87-91-75-43-18-22-48-80(75)99(87)89/h1-56H. The number of benzene rings is 15. The summed E-state index contributed by atoms with van der Waals surface area (Å²) >= 11 is 0. The Kier molecular flexibility index (Phi) is 12.2. The lowest BCUT2D eigenvalue weighted by Gasteiger charge is -2.28. The quantitative estimate of drug-likeness (QED) is 0.136. The Labute approximate surface area is 572 Å². The molecule has 0 aliphatic carbocycles. The van der Waals surface area contributed by atoms with Gasteiger partial charge in [0, 0.05) is 71.2 Å². The number of hydrogen-bond acceptors (Lipinski definition) is 6. The minimum atomic E-state index is 0.751. The third kappa shape index (κ3) is 8.31. The van der Waals surface area contributed by atoms with E-state index in [0.717, 1.165) is 177 Å². The Morgan fingerprint density at radius 2 is 0.620 bits per heavy atom. The first-order valence-electron chi connectivity index (χ1n) is 33.9. The van der Waals surface area contributed by atoms with E-state index in [9.17, 15) is 0 Å². The summed E-state index contributed by atoms with van der Waals surface area (Å²) < 4.78 is 9.30. The van der Waals surface area contributed by atoms with Crippen molar-refractivity contribution in [1.29, 1.82) is 0 Å². The van der Waals surface area contributed by atoms with Gasteiger partial charge >= 0.3 is 0 Å². The highest BCUT2D eigenvalue weighted by Gasteiger charge is 2.29. The highest BCUT2D eigenvalue weighted by molar-refractivity contribution is 6.24. The van der Waals surface area contributed by atoms with Gasteiger partial charge in [0.2, 0.25) is 11.9 Å². The van der Waals surface area contributed by atoms with E-state index in [1.165, 1.54) is 11.1 Å². The van der Waals surface area contributed by atoms with E-state index in [4.69, 9.17) is 19.9 Å². The molecule has 0 spiro atoms. The molecular weight excluding hydrogens is 1220 g/mol. The predicted molar refractivity (Wildman–Crippen MR) is 413 cm³/mol. The number of fused-ring (bicyclic) bond motifs is 20. The van der Waals surface area contributed by atoms with E-state index >= 15 is 0 Å². The summed E-state index contributed by atoms with van der Waals surface area (Å²) in [6.07, 6.45) is 0. The van der Waals surface area contributed by atoms with E-state index in [-0.39, 0.29) is 0 Å². The zero-order chi connectivity index (χ0) is 65.5. The lowest BCUT2D eigenvalue weighted by molar-refractivity contribution is 0.981. The third-order valence-electron chi connectivity index (χ3n) is 20.2. The van der Waals surface area contributed by atoms with Gasteiger partial charge in [0.25, 0.3) is 0 Å². The average Bonchev–Trinajstić information content (AvgIpc) is 1.54. The van der Waals surface area contributed by atoms with Crippen molar-refractivity contribution in [2.24, 2.45) is 0 Å². The van der Waals surface area contributed by atoms with Crippen molar-refractivity contribution in [3.8, 4) is 34.2 Å². The zero-order valence-corrected chi connectivity index (χ0v) is 53.8. The average molecular weight is 1280 g/mol. The van der Waals surface area contributed by atoms with Crippen LogP contribution in [0.3, 0.4) is 0 Å². The van der Waals surface area contributed by atoms with Gasteiger partial charge in [-0.15, -0.1) is 0 Å². The zero-order valence-electron chi connectivity index (χ0n) is 53.8. The van der Waals surface area contributed by atoms with Crippen LogP contribution in [0.25, 0.3) is 154 Å². The largest absolute Gasteiger partial charge is 0.310 e. The summed E-state index contributed by atoms with van der Waals surface area (Å²) in [6, 6.07) is 122.